The third-order valence-corrected chi connectivity index (χ3v) is 4.00. The summed E-state index contributed by atoms with van der Waals surface area (Å²) < 4.78 is 0. The number of nitrogens with one attached hydrogen (secondary N) is 1. The van der Waals surface area contributed by atoms with Gasteiger partial charge < -0.3 is 15.3 Å². The standard InChI is InChI=1S/C13H23N3O3/c1-13(3-4-13)10-14-12(19)16-6-2-5-15(7-8-16)9-11(17)18/h2-10H2,1H3,(H,14,19)(H,17,18). The molecule has 2 rings (SSSR count). The summed E-state index contributed by atoms with van der Waals surface area (Å²) in [6.45, 7) is 5.69. The molecule has 2 aliphatic rings. The van der Waals surface area contributed by atoms with Gasteiger partial charge in [0.25, 0.3) is 0 Å². The molecular weight excluding hydrogens is 246 g/mol. The first-order chi connectivity index (χ1) is 8.98. The zero-order chi connectivity index (χ0) is 13.9. The van der Waals surface area contributed by atoms with Gasteiger partial charge in [0.05, 0.1) is 6.54 Å². The molecule has 1 saturated heterocycles. The molecule has 6 heteroatoms. The SMILES string of the molecule is CC1(CNC(=O)N2CCCN(CC(=O)O)CC2)CC1. The van der Waals surface area contributed by atoms with E-state index in [9.17, 15) is 9.59 Å². The van der Waals surface area contributed by atoms with E-state index in [0.29, 0.717) is 25.0 Å². The van der Waals surface area contributed by atoms with E-state index >= 15 is 0 Å². The molecule has 1 aliphatic heterocycles. The molecule has 19 heavy (non-hydrogen) atoms. The van der Waals surface area contributed by atoms with Gasteiger partial charge in [-0.15, -0.1) is 0 Å². The van der Waals surface area contributed by atoms with E-state index < -0.39 is 5.97 Å². The van der Waals surface area contributed by atoms with Crippen LogP contribution in [0.1, 0.15) is 26.2 Å². The van der Waals surface area contributed by atoms with Gasteiger partial charge in [-0.25, -0.2) is 4.79 Å². The van der Waals surface area contributed by atoms with Crippen LogP contribution in [0.2, 0.25) is 0 Å². The Hall–Kier alpha value is -1.30. The van der Waals surface area contributed by atoms with Crippen molar-refractivity contribution in [2.75, 3.05) is 39.3 Å². The quantitative estimate of drug-likeness (QED) is 0.783. The van der Waals surface area contributed by atoms with E-state index in [0.717, 1.165) is 19.5 Å². The molecule has 0 aromatic carbocycles. The molecule has 0 radical (unpaired) electrons. The number of carbonyl (C=O) groups is 2. The molecule has 0 spiro atoms. The molecule has 2 N–H and O–H groups in total. The van der Waals surface area contributed by atoms with E-state index in [4.69, 9.17) is 5.11 Å². The van der Waals surface area contributed by atoms with E-state index in [1.165, 1.54) is 12.8 Å². The lowest BCUT2D eigenvalue weighted by atomic mass is 10.1. The van der Waals surface area contributed by atoms with Crippen molar-refractivity contribution in [3.05, 3.63) is 0 Å². The number of carboxylic acid groups (broad SMARTS) is 1. The summed E-state index contributed by atoms with van der Waals surface area (Å²) in [6, 6.07) is -0.00898. The maximum atomic E-state index is 12.0. The predicted molar refractivity (Wildman–Crippen MR) is 71.0 cm³/mol. The fourth-order valence-electron chi connectivity index (χ4n) is 2.31. The van der Waals surface area contributed by atoms with E-state index in [2.05, 4.69) is 12.2 Å². The largest absolute Gasteiger partial charge is 0.480 e. The van der Waals surface area contributed by atoms with Gasteiger partial charge in [0, 0.05) is 32.7 Å². The highest BCUT2D eigenvalue weighted by Gasteiger charge is 2.37. The van der Waals surface area contributed by atoms with Crippen molar-refractivity contribution in [3.63, 3.8) is 0 Å². The van der Waals surface area contributed by atoms with Gasteiger partial charge in [0.15, 0.2) is 0 Å². The van der Waals surface area contributed by atoms with E-state index in [-0.39, 0.29) is 12.6 Å². The lowest BCUT2D eigenvalue weighted by molar-refractivity contribution is -0.138. The summed E-state index contributed by atoms with van der Waals surface area (Å²) in [7, 11) is 0. The molecule has 0 atom stereocenters. The Morgan fingerprint density at radius 2 is 1.95 bits per heavy atom. The number of hydrogen-bond acceptors (Lipinski definition) is 3. The van der Waals surface area contributed by atoms with Crippen LogP contribution in [0.3, 0.4) is 0 Å². The van der Waals surface area contributed by atoms with Crippen LogP contribution in [0.5, 0.6) is 0 Å². The highest BCUT2D eigenvalue weighted by atomic mass is 16.4. The summed E-state index contributed by atoms with van der Waals surface area (Å²) >= 11 is 0. The number of urea groups is 1. The minimum atomic E-state index is -0.806. The molecule has 2 fully saturated rings. The van der Waals surface area contributed by atoms with E-state index in [1.807, 2.05) is 4.90 Å². The van der Waals surface area contributed by atoms with Crippen molar-refractivity contribution >= 4 is 12.0 Å². The molecule has 0 aromatic heterocycles. The van der Waals surface area contributed by atoms with Crippen LogP contribution in [0.4, 0.5) is 4.79 Å². The summed E-state index contributed by atoms with van der Waals surface area (Å²) in [5.41, 5.74) is 0.316. The van der Waals surface area contributed by atoms with Crippen molar-refractivity contribution in [1.82, 2.24) is 15.1 Å². The lowest BCUT2D eigenvalue weighted by Crippen LogP contribution is -2.43. The van der Waals surface area contributed by atoms with Crippen molar-refractivity contribution in [1.29, 1.82) is 0 Å². The van der Waals surface area contributed by atoms with Gasteiger partial charge in [-0.1, -0.05) is 6.92 Å². The number of carboxylic acids is 1. The predicted octanol–water partition coefficient (Wildman–Crippen LogP) is 0.588. The number of carbonyl (C=O) groups excluding carboxylic acids is 1. The fraction of sp³-hybridized carbons (Fsp3) is 0.846. The lowest BCUT2D eigenvalue weighted by Gasteiger charge is -2.22. The number of rotatable bonds is 4. The molecule has 0 aromatic rings. The monoisotopic (exact) mass is 269 g/mol. The molecule has 2 amide bonds. The Kier molecular flexibility index (Phi) is 4.29. The van der Waals surface area contributed by atoms with Crippen molar-refractivity contribution < 1.29 is 14.7 Å². The minimum absolute atomic E-state index is 0.00898. The highest BCUT2D eigenvalue weighted by Crippen LogP contribution is 2.44. The summed E-state index contributed by atoms with van der Waals surface area (Å²) in [5, 5.41) is 11.8. The van der Waals surface area contributed by atoms with Crippen molar-refractivity contribution in [2.45, 2.75) is 26.2 Å². The molecule has 1 aliphatic carbocycles. The van der Waals surface area contributed by atoms with Crippen LogP contribution in [-0.2, 0) is 4.79 Å². The van der Waals surface area contributed by atoms with E-state index in [1.54, 1.807) is 4.90 Å². The minimum Gasteiger partial charge on any atom is -0.480 e. The van der Waals surface area contributed by atoms with Gasteiger partial charge in [0.1, 0.15) is 0 Å². The van der Waals surface area contributed by atoms with Crippen LogP contribution < -0.4 is 5.32 Å². The van der Waals surface area contributed by atoms with Crippen LogP contribution >= 0.6 is 0 Å². The van der Waals surface area contributed by atoms with Gasteiger partial charge >= 0.3 is 12.0 Å². The zero-order valence-electron chi connectivity index (χ0n) is 11.5. The third-order valence-electron chi connectivity index (χ3n) is 4.00. The van der Waals surface area contributed by atoms with Crippen molar-refractivity contribution in [2.24, 2.45) is 5.41 Å². The van der Waals surface area contributed by atoms with Gasteiger partial charge in [-0.05, 0) is 24.7 Å². The fourth-order valence-corrected chi connectivity index (χ4v) is 2.31. The Morgan fingerprint density at radius 1 is 1.21 bits per heavy atom. The van der Waals surface area contributed by atoms with Gasteiger partial charge in [0.2, 0.25) is 0 Å². The maximum Gasteiger partial charge on any atom is 0.317 e. The molecule has 0 bridgehead atoms. The summed E-state index contributed by atoms with van der Waals surface area (Å²) in [6.07, 6.45) is 3.22. The number of amides is 2. The van der Waals surface area contributed by atoms with Gasteiger partial charge in [-0.3, -0.25) is 9.69 Å². The Labute approximate surface area is 113 Å². The molecule has 0 unspecified atom stereocenters. The van der Waals surface area contributed by atoms with Crippen LogP contribution in [-0.4, -0.2) is 66.2 Å². The topological polar surface area (TPSA) is 72.9 Å². The Balaban J connectivity index is 1.74. The summed E-state index contributed by atoms with van der Waals surface area (Å²) in [5.74, 6) is -0.806. The molecule has 6 nitrogen and oxygen atoms in total. The van der Waals surface area contributed by atoms with Crippen molar-refractivity contribution in [3.8, 4) is 0 Å². The molecule has 108 valence electrons. The molecular formula is C13H23N3O3. The second kappa shape index (κ2) is 5.77. The number of nitrogens with zero attached hydrogens (tertiary/aromatic N) is 2. The Bertz CT molecular complexity index is 355. The first-order valence-corrected chi connectivity index (χ1v) is 6.95. The first kappa shape index (κ1) is 14.1. The zero-order valence-corrected chi connectivity index (χ0v) is 11.5. The van der Waals surface area contributed by atoms with Crippen LogP contribution in [0, 0.1) is 5.41 Å². The number of aliphatic carboxylic acids is 1. The Morgan fingerprint density at radius 3 is 2.58 bits per heavy atom. The first-order valence-electron chi connectivity index (χ1n) is 6.95. The third kappa shape index (κ3) is 4.38. The molecule has 1 saturated carbocycles. The molecule has 1 heterocycles. The average molecular weight is 269 g/mol. The second-order valence-corrected chi connectivity index (χ2v) is 5.98. The summed E-state index contributed by atoms with van der Waals surface area (Å²) in [4.78, 5) is 26.4. The van der Waals surface area contributed by atoms with Crippen LogP contribution in [0.15, 0.2) is 0 Å². The second-order valence-electron chi connectivity index (χ2n) is 5.98. The smallest absolute Gasteiger partial charge is 0.317 e. The maximum absolute atomic E-state index is 12.0. The average Bonchev–Trinajstić information content (AvgIpc) is 3.10. The van der Waals surface area contributed by atoms with Crippen LogP contribution in [0.25, 0.3) is 0 Å². The normalized spacial score (nSPS) is 22.7. The van der Waals surface area contributed by atoms with Gasteiger partial charge in [-0.2, -0.15) is 0 Å². The number of hydrogen-bond donors (Lipinski definition) is 2. The highest BCUT2D eigenvalue weighted by molar-refractivity contribution is 5.74.